The van der Waals surface area contributed by atoms with Crippen molar-refractivity contribution in [2.45, 2.75) is 57.9 Å². The summed E-state index contributed by atoms with van der Waals surface area (Å²) in [4.78, 5) is 19.2. The Labute approximate surface area is 245 Å². The van der Waals surface area contributed by atoms with E-state index in [0.717, 1.165) is 53.4 Å². The molecule has 0 bridgehead atoms. The standard InChI is InChI=1S/C35H36F3N3O/c36-35(37,38)33-18-16-32(17-19-33)34(42)41(25-29-7-4-20-39-23-29)24-28-10-14-31(15-11-28)30-12-8-27(9-13-30)22-40-21-26-5-2-1-3-6-26/h4,7-20,23,26,40H,1-3,5-6,21-22,24-25H2. The van der Waals surface area contributed by atoms with Gasteiger partial charge in [-0.3, -0.25) is 9.78 Å². The van der Waals surface area contributed by atoms with Gasteiger partial charge in [0, 0.05) is 37.6 Å². The Morgan fingerprint density at radius 2 is 1.40 bits per heavy atom. The van der Waals surface area contributed by atoms with E-state index in [1.165, 1.54) is 49.8 Å². The Morgan fingerprint density at radius 3 is 2.00 bits per heavy atom. The Bertz CT molecular complexity index is 1410. The number of hydrogen-bond donors (Lipinski definition) is 1. The number of nitrogens with zero attached hydrogens (tertiary/aromatic N) is 2. The molecule has 1 aromatic heterocycles. The third-order valence-electron chi connectivity index (χ3n) is 7.94. The minimum absolute atomic E-state index is 0.205. The molecule has 4 aromatic rings. The SMILES string of the molecule is O=C(c1ccc(C(F)(F)F)cc1)N(Cc1ccc(-c2ccc(CNCC3CCCCC3)cc2)cc1)Cc1cccnc1. The molecule has 0 spiro atoms. The minimum Gasteiger partial charge on any atom is -0.330 e. The fourth-order valence-electron chi connectivity index (χ4n) is 5.55. The third kappa shape index (κ3) is 8.07. The maximum Gasteiger partial charge on any atom is 0.416 e. The lowest BCUT2D eigenvalue weighted by Gasteiger charge is -2.23. The first-order valence-electron chi connectivity index (χ1n) is 14.6. The largest absolute Gasteiger partial charge is 0.416 e. The van der Waals surface area contributed by atoms with Crippen LogP contribution in [0, 0.1) is 5.92 Å². The molecule has 7 heteroatoms. The predicted molar refractivity (Wildman–Crippen MR) is 159 cm³/mol. The number of nitrogens with one attached hydrogen (secondary N) is 1. The Balaban J connectivity index is 1.24. The van der Waals surface area contributed by atoms with Gasteiger partial charge in [0.05, 0.1) is 5.56 Å². The maximum atomic E-state index is 13.4. The minimum atomic E-state index is -4.45. The summed E-state index contributed by atoms with van der Waals surface area (Å²) in [5, 5.41) is 3.62. The first-order valence-corrected chi connectivity index (χ1v) is 14.6. The van der Waals surface area contributed by atoms with Crippen LogP contribution in [0.2, 0.25) is 0 Å². The van der Waals surface area contributed by atoms with E-state index in [-0.39, 0.29) is 18.0 Å². The zero-order valence-electron chi connectivity index (χ0n) is 23.6. The molecular weight excluding hydrogens is 535 g/mol. The number of hydrogen-bond acceptors (Lipinski definition) is 3. The number of halogens is 3. The van der Waals surface area contributed by atoms with Crippen LogP contribution in [0.4, 0.5) is 13.2 Å². The fraction of sp³-hybridized carbons (Fsp3) is 0.314. The Kier molecular flexibility index (Phi) is 9.70. The van der Waals surface area contributed by atoms with E-state index in [1.807, 2.05) is 30.3 Å². The van der Waals surface area contributed by atoms with E-state index in [2.05, 4.69) is 34.6 Å². The maximum absolute atomic E-state index is 13.4. The van der Waals surface area contributed by atoms with Gasteiger partial charge >= 0.3 is 6.18 Å². The predicted octanol–water partition coefficient (Wildman–Crippen LogP) is 8.28. The quantitative estimate of drug-likeness (QED) is 0.208. The van der Waals surface area contributed by atoms with Crippen molar-refractivity contribution < 1.29 is 18.0 Å². The second kappa shape index (κ2) is 13.8. The molecule has 4 nitrogen and oxygen atoms in total. The number of amides is 1. The monoisotopic (exact) mass is 571 g/mol. The zero-order valence-corrected chi connectivity index (χ0v) is 23.6. The second-order valence-electron chi connectivity index (χ2n) is 11.1. The lowest BCUT2D eigenvalue weighted by Crippen LogP contribution is -2.30. The summed E-state index contributed by atoms with van der Waals surface area (Å²) in [5.74, 6) is 0.464. The summed E-state index contributed by atoms with van der Waals surface area (Å²) in [7, 11) is 0. The van der Waals surface area contributed by atoms with Crippen molar-refractivity contribution in [2.24, 2.45) is 5.92 Å². The van der Waals surface area contributed by atoms with Gasteiger partial charge in [0.1, 0.15) is 0 Å². The average molecular weight is 572 g/mol. The van der Waals surface area contributed by atoms with Crippen LogP contribution < -0.4 is 5.32 Å². The fourth-order valence-corrected chi connectivity index (χ4v) is 5.55. The molecule has 5 rings (SSSR count). The van der Waals surface area contributed by atoms with Gasteiger partial charge in [0.15, 0.2) is 0 Å². The molecule has 218 valence electrons. The summed E-state index contributed by atoms with van der Waals surface area (Å²) < 4.78 is 39.1. The first-order chi connectivity index (χ1) is 20.3. The van der Waals surface area contributed by atoms with Gasteiger partial charge in [-0.25, -0.2) is 0 Å². The van der Waals surface area contributed by atoms with Crippen LogP contribution in [-0.2, 0) is 25.8 Å². The van der Waals surface area contributed by atoms with Crippen molar-refractivity contribution in [3.8, 4) is 11.1 Å². The van der Waals surface area contributed by atoms with Gasteiger partial charge in [0.2, 0.25) is 0 Å². The molecule has 1 heterocycles. The van der Waals surface area contributed by atoms with E-state index in [4.69, 9.17) is 0 Å². The van der Waals surface area contributed by atoms with Gasteiger partial charge < -0.3 is 10.2 Å². The Morgan fingerprint density at radius 1 is 0.786 bits per heavy atom. The molecule has 0 atom stereocenters. The lowest BCUT2D eigenvalue weighted by molar-refractivity contribution is -0.137. The van der Waals surface area contributed by atoms with Crippen molar-refractivity contribution in [3.63, 3.8) is 0 Å². The molecule has 0 saturated heterocycles. The van der Waals surface area contributed by atoms with Gasteiger partial charge in [-0.2, -0.15) is 13.2 Å². The van der Waals surface area contributed by atoms with Gasteiger partial charge in [-0.1, -0.05) is 73.9 Å². The van der Waals surface area contributed by atoms with E-state index in [0.29, 0.717) is 6.54 Å². The number of benzene rings is 3. The number of alkyl halides is 3. The lowest BCUT2D eigenvalue weighted by atomic mass is 9.89. The highest BCUT2D eigenvalue weighted by molar-refractivity contribution is 5.94. The molecule has 1 N–H and O–H groups in total. The molecule has 0 radical (unpaired) electrons. The smallest absolute Gasteiger partial charge is 0.330 e. The van der Waals surface area contributed by atoms with Gasteiger partial charge in [-0.15, -0.1) is 0 Å². The van der Waals surface area contributed by atoms with Crippen molar-refractivity contribution in [3.05, 3.63) is 125 Å². The summed E-state index contributed by atoms with van der Waals surface area (Å²) >= 11 is 0. The van der Waals surface area contributed by atoms with Crippen LogP contribution in [-0.4, -0.2) is 22.3 Å². The van der Waals surface area contributed by atoms with Crippen LogP contribution in [0.15, 0.2) is 97.3 Å². The molecule has 1 saturated carbocycles. The van der Waals surface area contributed by atoms with E-state index in [9.17, 15) is 18.0 Å². The molecule has 42 heavy (non-hydrogen) atoms. The van der Waals surface area contributed by atoms with Crippen LogP contribution >= 0.6 is 0 Å². The average Bonchev–Trinajstić information content (AvgIpc) is 3.02. The highest BCUT2D eigenvalue weighted by Crippen LogP contribution is 2.29. The van der Waals surface area contributed by atoms with Crippen molar-refractivity contribution >= 4 is 5.91 Å². The number of carbonyl (C=O) groups is 1. The summed E-state index contributed by atoms with van der Waals surface area (Å²) in [6, 6.07) is 24.7. The van der Waals surface area contributed by atoms with Crippen LogP contribution in [0.3, 0.4) is 0 Å². The normalized spacial score (nSPS) is 14.1. The number of aromatic nitrogens is 1. The van der Waals surface area contributed by atoms with Crippen molar-refractivity contribution in [1.82, 2.24) is 15.2 Å². The number of pyridine rings is 1. The zero-order chi connectivity index (χ0) is 29.4. The first kappa shape index (κ1) is 29.5. The van der Waals surface area contributed by atoms with Gasteiger partial charge in [0.25, 0.3) is 5.91 Å². The molecular formula is C35H36F3N3O. The topological polar surface area (TPSA) is 45.2 Å². The molecule has 0 aliphatic heterocycles. The molecule has 1 aliphatic carbocycles. The van der Waals surface area contributed by atoms with Crippen LogP contribution in [0.25, 0.3) is 11.1 Å². The van der Waals surface area contributed by atoms with Gasteiger partial charge in [-0.05, 0) is 83.5 Å². The molecule has 1 amide bonds. The molecule has 1 fully saturated rings. The number of carbonyl (C=O) groups excluding carboxylic acids is 1. The van der Waals surface area contributed by atoms with Crippen LogP contribution in [0.5, 0.6) is 0 Å². The highest BCUT2D eigenvalue weighted by atomic mass is 19.4. The van der Waals surface area contributed by atoms with Crippen molar-refractivity contribution in [2.75, 3.05) is 6.54 Å². The molecule has 0 unspecified atom stereocenters. The Hall–Kier alpha value is -3.97. The van der Waals surface area contributed by atoms with E-state index in [1.54, 1.807) is 23.4 Å². The molecule has 1 aliphatic rings. The van der Waals surface area contributed by atoms with E-state index < -0.39 is 11.7 Å². The second-order valence-corrected chi connectivity index (χ2v) is 11.1. The number of rotatable bonds is 10. The highest BCUT2D eigenvalue weighted by Gasteiger charge is 2.30. The summed E-state index contributed by atoms with van der Waals surface area (Å²) in [6.45, 7) is 2.55. The summed E-state index contributed by atoms with van der Waals surface area (Å²) in [6.07, 6.45) is 5.67. The summed E-state index contributed by atoms with van der Waals surface area (Å²) in [5.41, 5.74) is 4.64. The third-order valence-corrected chi connectivity index (χ3v) is 7.94. The molecule has 3 aromatic carbocycles. The van der Waals surface area contributed by atoms with E-state index >= 15 is 0 Å². The van der Waals surface area contributed by atoms with Crippen LogP contribution in [0.1, 0.15) is 64.7 Å². The van der Waals surface area contributed by atoms with Crippen molar-refractivity contribution in [1.29, 1.82) is 0 Å².